The summed E-state index contributed by atoms with van der Waals surface area (Å²) in [5, 5.41) is 31.0. The monoisotopic (exact) mass is 1560 g/mol. The quantitative estimate of drug-likeness (QED) is 0.0282. The van der Waals surface area contributed by atoms with E-state index < -0.39 is 32.7 Å². The molecule has 0 aliphatic rings. The maximum Gasteiger partial charge on any atom is 0.338 e. The molecule has 15 aromatic rings. The third-order valence-corrected chi connectivity index (χ3v) is 20.7. The second-order valence-corrected chi connectivity index (χ2v) is 27.6. The normalized spacial score (nSPS) is 11.0. The van der Waals surface area contributed by atoms with Gasteiger partial charge < -0.3 is 19.3 Å². The van der Waals surface area contributed by atoms with Crippen LogP contribution in [0.25, 0.3) is 0 Å². The Morgan fingerprint density at radius 1 is 0.410 bits per heavy atom. The Hall–Kier alpha value is -14.2. The second kappa shape index (κ2) is 41.6. The average molecular weight is 1560 g/mol. The molecule has 11 nitrogen and oxygen atoms in total. The molecule has 0 saturated heterocycles. The van der Waals surface area contributed by atoms with E-state index in [9.17, 15) is 34.9 Å². The topological polar surface area (TPSA) is 166 Å². The Labute approximate surface area is 690 Å². The minimum atomic E-state index is -1.16. The summed E-state index contributed by atoms with van der Waals surface area (Å²) in [6, 6.07) is 144. The molecule has 0 bridgehead atoms. The van der Waals surface area contributed by atoms with E-state index in [1.54, 1.807) is 6.07 Å². The smallest absolute Gasteiger partial charge is 0.338 e. The van der Waals surface area contributed by atoms with Crippen LogP contribution in [0.3, 0.4) is 0 Å². The SMILES string of the molecule is CCOC(=O)C(c1ccccc1)(c1ccccc1)c1ccccc1.CCOC(c1ccccc1)(c1ccccc1)c1ccccc1.COC(=O)c1ccccc1C(c1ccccc1)c1ccccc1.N#CC(c1ccccc1)(c1ccccc1)c1ccc([N+](=O)[O-])cc1Cl.O=C(O)CC(c1ccccc1)(c1ccccc1)c1ccccc1. The summed E-state index contributed by atoms with van der Waals surface area (Å²) >= 11 is 6.38. The molecule has 117 heavy (non-hydrogen) atoms. The summed E-state index contributed by atoms with van der Waals surface area (Å²) in [7, 11) is 1.42. The van der Waals surface area contributed by atoms with Crippen LogP contribution in [-0.4, -0.2) is 48.3 Å². The van der Waals surface area contributed by atoms with E-state index in [0.29, 0.717) is 24.3 Å². The summed E-state index contributed by atoms with van der Waals surface area (Å²) in [6.07, 6.45) is 0.00500. The molecule has 0 unspecified atom stereocenters. The van der Waals surface area contributed by atoms with Gasteiger partial charge in [-0.25, -0.2) is 4.79 Å². The van der Waals surface area contributed by atoms with Crippen molar-refractivity contribution in [2.24, 2.45) is 0 Å². The zero-order valence-corrected chi connectivity index (χ0v) is 66.0. The maximum absolute atomic E-state index is 13.2. The number of halogens is 1. The number of hydrogen-bond acceptors (Lipinski definition) is 9. The summed E-state index contributed by atoms with van der Waals surface area (Å²) < 4.78 is 16.9. The van der Waals surface area contributed by atoms with E-state index in [2.05, 4.69) is 103 Å². The summed E-state index contributed by atoms with van der Waals surface area (Å²) in [4.78, 5) is 47.7. The van der Waals surface area contributed by atoms with E-state index in [0.717, 1.165) is 77.9 Å². The zero-order valence-electron chi connectivity index (χ0n) is 65.3. The minimum Gasteiger partial charge on any atom is -0.481 e. The molecule has 15 rings (SSSR count). The van der Waals surface area contributed by atoms with Crippen LogP contribution < -0.4 is 0 Å². The van der Waals surface area contributed by atoms with Crippen LogP contribution in [0.1, 0.15) is 120 Å². The molecule has 0 aliphatic carbocycles. The van der Waals surface area contributed by atoms with Crippen molar-refractivity contribution in [2.45, 2.75) is 48.0 Å². The number of non-ortho nitro benzene ring substituents is 1. The lowest BCUT2D eigenvalue weighted by molar-refractivity contribution is -0.384. The molecule has 0 radical (unpaired) electrons. The molecule has 0 saturated carbocycles. The standard InChI is InChI=1S/C22H20O2.2C21H18O2.C21H20O.C20H13ClN2O2/c1-2-24-21(23)22(18-12-6-3-7-13-18,19-14-8-4-9-15-19)20-16-10-5-11-17-20;1-23-21(22)19-15-9-8-14-18(19)20(16-10-4-2-5-11-16)17-12-6-3-7-13-17;22-20(23)16-21(17-10-4-1-5-11-17,18-12-6-2-7-13-18)19-14-8-3-9-15-19;1-2-22-21(18-12-6-3-7-13-18,19-14-8-4-9-15-19)20-16-10-5-11-17-20;21-19-13-17(23(24)25)11-12-18(19)20(14-22,15-7-3-1-4-8-15)16-9-5-2-6-10-16/h3-17H,2H2,1H3;2-15,20H,1H3;1-15H,16H2,(H,22,23);3-17H,2H2,1H3;1-13H. The number of carbonyl (C=O) groups is 3. The van der Waals surface area contributed by atoms with Crippen molar-refractivity contribution in [1.82, 2.24) is 0 Å². The van der Waals surface area contributed by atoms with E-state index >= 15 is 0 Å². The summed E-state index contributed by atoms with van der Waals surface area (Å²) in [5.41, 5.74) is 11.5. The Bertz CT molecular complexity index is 5240. The predicted molar refractivity (Wildman–Crippen MR) is 466 cm³/mol. The Morgan fingerprint density at radius 2 is 0.709 bits per heavy atom. The van der Waals surface area contributed by atoms with Crippen molar-refractivity contribution in [2.75, 3.05) is 20.3 Å². The third-order valence-electron chi connectivity index (χ3n) is 20.4. The first kappa shape index (κ1) is 83.8. The molecular weight excluding hydrogens is 1470 g/mol. The van der Waals surface area contributed by atoms with Crippen molar-refractivity contribution < 1.29 is 38.6 Å². The molecule has 0 spiro atoms. The number of aliphatic carboxylic acids is 1. The number of methoxy groups -OCH3 is 1. The molecule has 0 aliphatic heterocycles. The fraction of sp³-hybridized carbons (Fsp3) is 0.105. The molecule has 12 heteroatoms. The number of nitro groups is 1. The molecular formula is C105H89ClN2O9. The zero-order chi connectivity index (χ0) is 82.1. The number of rotatable bonds is 23. The van der Waals surface area contributed by atoms with E-state index in [-0.39, 0.29) is 35.0 Å². The third kappa shape index (κ3) is 19.4. The molecule has 0 atom stereocenters. The maximum atomic E-state index is 13.2. The van der Waals surface area contributed by atoms with Gasteiger partial charge in [0.05, 0.1) is 47.1 Å². The number of nitrogens with zero attached hydrogens (tertiary/aromatic N) is 2. The molecule has 15 aromatic carbocycles. The van der Waals surface area contributed by atoms with Gasteiger partial charge in [-0.3, -0.25) is 19.7 Å². The Morgan fingerprint density at radius 3 is 1.00 bits per heavy atom. The highest BCUT2D eigenvalue weighted by atomic mass is 35.5. The van der Waals surface area contributed by atoms with E-state index in [1.807, 2.05) is 335 Å². The highest BCUT2D eigenvalue weighted by Gasteiger charge is 2.46. The van der Waals surface area contributed by atoms with Gasteiger partial charge in [-0.1, -0.05) is 424 Å². The van der Waals surface area contributed by atoms with Crippen LogP contribution >= 0.6 is 11.6 Å². The first-order chi connectivity index (χ1) is 57.3. The summed E-state index contributed by atoms with van der Waals surface area (Å²) in [5.74, 6) is -1.39. The number of esters is 2. The van der Waals surface area contributed by atoms with Crippen molar-refractivity contribution in [3.63, 3.8) is 0 Å². The van der Waals surface area contributed by atoms with Gasteiger partial charge in [-0.05, 0) is 104 Å². The summed E-state index contributed by atoms with van der Waals surface area (Å²) in [6.45, 7) is 4.86. The number of carboxylic acids is 1. The van der Waals surface area contributed by atoms with Crippen molar-refractivity contribution in [1.29, 1.82) is 5.26 Å². The van der Waals surface area contributed by atoms with E-state index in [4.69, 9.17) is 25.8 Å². The van der Waals surface area contributed by atoms with Crippen LogP contribution in [0.5, 0.6) is 0 Å². The van der Waals surface area contributed by atoms with Crippen LogP contribution in [0.4, 0.5) is 5.69 Å². The molecule has 0 fully saturated rings. The minimum absolute atomic E-state index is 0.00500. The number of nitro benzene ring substituents is 1. The largest absolute Gasteiger partial charge is 0.481 e. The first-order valence-corrected chi connectivity index (χ1v) is 39.0. The van der Waals surface area contributed by atoms with Gasteiger partial charge in [0.25, 0.3) is 5.69 Å². The molecule has 0 heterocycles. The molecule has 0 amide bonds. The predicted octanol–water partition coefficient (Wildman–Crippen LogP) is 23.9. The van der Waals surface area contributed by atoms with Gasteiger partial charge in [-0.15, -0.1) is 0 Å². The number of carbonyl (C=O) groups excluding carboxylic acids is 2. The molecule has 580 valence electrons. The number of nitriles is 1. The highest BCUT2D eigenvalue weighted by Crippen LogP contribution is 2.46. The van der Waals surface area contributed by atoms with Crippen molar-refractivity contribution in [3.8, 4) is 6.07 Å². The van der Waals surface area contributed by atoms with Crippen LogP contribution in [0, 0.1) is 21.4 Å². The molecule has 1 N–H and O–H groups in total. The van der Waals surface area contributed by atoms with Gasteiger partial charge >= 0.3 is 17.9 Å². The number of hydrogen-bond donors (Lipinski definition) is 1. The van der Waals surface area contributed by atoms with Gasteiger partial charge in [0.15, 0.2) is 0 Å². The second-order valence-electron chi connectivity index (χ2n) is 27.2. The highest BCUT2D eigenvalue weighted by molar-refractivity contribution is 6.32. The first-order valence-electron chi connectivity index (χ1n) is 38.6. The van der Waals surface area contributed by atoms with Gasteiger partial charge in [-0.2, -0.15) is 5.26 Å². The van der Waals surface area contributed by atoms with Crippen molar-refractivity contribution in [3.05, 3.63) is 541 Å². The number of carboxylic acid groups (broad SMARTS) is 1. The number of ether oxygens (including phenoxy) is 3. The average Bonchev–Trinajstić information content (AvgIpc) is 0.770. The van der Waals surface area contributed by atoms with Crippen LogP contribution in [0.2, 0.25) is 5.02 Å². The van der Waals surface area contributed by atoms with Gasteiger partial charge in [0, 0.05) is 30.2 Å². The van der Waals surface area contributed by atoms with Crippen LogP contribution in [0.15, 0.2) is 437 Å². The molecule has 0 aromatic heterocycles. The lowest BCUT2D eigenvalue weighted by atomic mass is 9.67. The van der Waals surface area contributed by atoms with Crippen molar-refractivity contribution >= 4 is 35.2 Å². The van der Waals surface area contributed by atoms with Gasteiger partial charge in [0.2, 0.25) is 0 Å². The van der Waals surface area contributed by atoms with Gasteiger partial charge in [0.1, 0.15) is 16.4 Å². The number of benzene rings is 15. The Kier molecular flexibility index (Phi) is 29.8. The fourth-order valence-electron chi connectivity index (χ4n) is 15.2. The Balaban J connectivity index is 0.000000144. The van der Waals surface area contributed by atoms with E-state index in [1.165, 1.54) is 19.2 Å². The van der Waals surface area contributed by atoms with Crippen LogP contribution in [-0.2, 0) is 45.6 Å². The lowest BCUT2D eigenvalue weighted by Gasteiger charge is -2.35. The fourth-order valence-corrected chi connectivity index (χ4v) is 15.5. The lowest BCUT2D eigenvalue weighted by Crippen LogP contribution is -2.40.